The summed E-state index contributed by atoms with van der Waals surface area (Å²) < 4.78 is 25.7. The van der Waals surface area contributed by atoms with Gasteiger partial charge in [-0.25, -0.2) is 13.8 Å². The molecule has 0 saturated heterocycles. The number of anilines is 2. The molecule has 0 saturated carbocycles. The van der Waals surface area contributed by atoms with Gasteiger partial charge in [-0.2, -0.15) is 0 Å². The molecule has 0 bridgehead atoms. The van der Waals surface area contributed by atoms with Gasteiger partial charge in [0.15, 0.2) is 11.6 Å². The maximum Gasteiger partial charge on any atom is 0.159 e. The van der Waals surface area contributed by atoms with Crippen molar-refractivity contribution in [3.63, 3.8) is 0 Å². The standard InChI is InChI=1S/C13H13F2N3/c1-16-13-7-10(4-5-17-13)18-8-9-2-3-11(14)12(15)6-9/h2-7H,8H2,1H3,(H2,16,17,18). The van der Waals surface area contributed by atoms with Crippen LogP contribution in [-0.4, -0.2) is 12.0 Å². The maximum atomic E-state index is 13.0. The topological polar surface area (TPSA) is 37.0 Å². The third-order valence-corrected chi connectivity index (χ3v) is 2.50. The Morgan fingerprint density at radius 3 is 2.67 bits per heavy atom. The van der Waals surface area contributed by atoms with Crippen LogP contribution in [0.15, 0.2) is 36.5 Å². The predicted molar refractivity (Wildman–Crippen MR) is 67.5 cm³/mol. The highest BCUT2D eigenvalue weighted by atomic mass is 19.2. The highest BCUT2D eigenvalue weighted by Crippen LogP contribution is 2.14. The summed E-state index contributed by atoms with van der Waals surface area (Å²) in [5.41, 5.74) is 1.54. The average Bonchev–Trinajstić information content (AvgIpc) is 2.40. The third kappa shape index (κ3) is 2.94. The first kappa shape index (κ1) is 12.3. The zero-order chi connectivity index (χ0) is 13.0. The fourth-order valence-corrected chi connectivity index (χ4v) is 1.53. The first-order chi connectivity index (χ1) is 8.69. The third-order valence-electron chi connectivity index (χ3n) is 2.50. The summed E-state index contributed by atoms with van der Waals surface area (Å²) in [4.78, 5) is 4.08. The van der Waals surface area contributed by atoms with Gasteiger partial charge in [0.1, 0.15) is 5.82 Å². The van der Waals surface area contributed by atoms with E-state index in [-0.39, 0.29) is 0 Å². The Labute approximate surface area is 104 Å². The van der Waals surface area contributed by atoms with Crippen molar-refractivity contribution < 1.29 is 8.78 Å². The highest BCUT2D eigenvalue weighted by Gasteiger charge is 2.02. The Morgan fingerprint density at radius 2 is 1.94 bits per heavy atom. The first-order valence-electron chi connectivity index (χ1n) is 5.50. The molecular weight excluding hydrogens is 236 g/mol. The van der Waals surface area contributed by atoms with Crippen LogP contribution in [0.1, 0.15) is 5.56 Å². The van der Waals surface area contributed by atoms with Gasteiger partial charge in [-0.3, -0.25) is 0 Å². The zero-order valence-electron chi connectivity index (χ0n) is 9.87. The second-order valence-corrected chi connectivity index (χ2v) is 3.78. The Morgan fingerprint density at radius 1 is 1.11 bits per heavy atom. The summed E-state index contributed by atoms with van der Waals surface area (Å²) in [7, 11) is 1.78. The minimum Gasteiger partial charge on any atom is -0.381 e. The van der Waals surface area contributed by atoms with Crippen LogP contribution in [0.25, 0.3) is 0 Å². The molecule has 5 heteroatoms. The van der Waals surface area contributed by atoms with E-state index in [0.717, 1.165) is 17.6 Å². The predicted octanol–water partition coefficient (Wildman–Crippen LogP) is 3.01. The molecule has 2 N–H and O–H groups in total. The fourth-order valence-electron chi connectivity index (χ4n) is 1.53. The van der Waals surface area contributed by atoms with E-state index in [1.54, 1.807) is 25.4 Å². The van der Waals surface area contributed by atoms with Crippen LogP contribution in [0.2, 0.25) is 0 Å². The van der Waals surface area contributed by atoms with Crippen LogP contribution < -0.4 is 10.6 Å². The molecule has 0 aliphatic rings. The molecule has 2 aromatic rings. The molecule has 2 rings (SSSR count). The van der Waals surface area contributed by atoms with Crippen molar-refractivity contribution in [1.29, 1.82) is 0 Å². The van der Waals surface area contributed by atoms with Crippen LogP contribution in [0, 0.1) is 11.6 Å². The number of pyridine rings is 1. The van der Waals surface area contributed by atoms with Crippen molar-refractivity contribution in [2.75, 3.05) is 17.7 Å². The molecule has 0 aliphatic heterocycles. The van der Waals surface area contributed by atoms with Gasteiger partial charge in [-0.1, -0.05) is 6.07 Å². The molecule has 0 atom stereocenters. The van der Waals surface area contributed by atoms with Crippen molar-refractivity contribution in [2.24, 2.45) is 0 Å². The quantitative estimate of drug-likeness (QED) is 0.874. The molecule has 0 spiro atoms. The number of hydrogen-bond donors (Lipinski definition) is 2. The number of nitrogens with zero attached hydrogens (tertiary/aromatic N) is 1. The molecule has 1 heterocycles. The van der Waals surface area contributed by atoms with Gasteiger partial charge < -0.3 is 10.6 Å². The second-order valence-electron chi connectivity index (χ2n) is 3.78. The van der Waals surface area contributed by atoms with Gasteiger partial charge in [-0.15, -0.1) is 0 Å². The molecule has 1 aromatic carbocycles. The summed E-state index contributed by atoms with van der Waals surface area (Å²) >= 11 is 0. The molecule has 94 valence electrons. The van der Waals surface area contributed by atoms with E-state index in [4.69, 9.17) is 0 Å². The first-order valence-corrected chi connectivity index (χ1v) is 5.50. The van der Waals surface area contributed by atoms with Crippen LogP contribution in [-0.2, 0) is 6.54 Å². The van der Waals surface area contributed by atoms with Crippen molar-refractivity contribution in [2.45, 2.75) is 6.54 Å². The molecule has 18 heavy (non-hydrogen) atoms. The lowest BCUT2D eigenvalue weighted by atomic mass is 10.2. The lowest BCUT2D eigenvalue weighted by Crippen LogP contribution is -2.01. The Kier molecular flexibility index (Phi) is 3.72. The van der Waals surface area contributed by atoms with Crippen LogP contribution in [0.3, 0.4) is 0 Å². The van der Waals surface area contributed by atoms with E-state index in [1.807, 2.05) is 6.07 Å². The van der Waals surface area contributed by atoms with E-state index < -0.39 is 11.6 Å². The van der Waals surface area contributed by atoms with Crippen LogP contribution in [0.4, 0.5) is 20.3 Å². The smallest absolute Gasteiger partial charge is 0.159 e. The lowest BCUT2D eigenvalue weighted by molar-refractivity contribution is 0.507. The summed E-state index contributed by atoms with van der Waals surface area (Å²) in [6, 6.07) is 7.49. The van der Waals surface area contributed by atoms with E-state index in [9.17, 15) is 8.78 Å². The van der Waals surface area contributed by atoms with E-state index in [2.05, 4.69) is 15.6 Å². The van der Waals surface area contributed by atoms with E-state index >= 15 is 0 Å². The molecule has 0 fully saturated rings. The van der Waals surface area contributed by atoms with Gasteiger partial charge in [0.05, 0.1) is 0 Å². The maximum absolute atomic E-state index is 13.0. The van der Waals surface area contributed by atoms with E-state index in [1.165, 1.54) is 6.07 Å². The van der Waals surface area contributed by atoms with Crippen molar-refractivity contribution in [1.82, 2.24) is 4.98 Å². The average molecular weight is 249 g/mol. The van der Waals surface area contributed by atoms with Crippen molar-refractivity contribution in [3.8, 4) is 0 Å². The summed E-state index contributed by atoms with van der Waals surface area (Å²) in [5, 5.41) is 6.03. The van der Waals surface area contributed by atoms with Gasteiger partial charge in [-0.05, 0) is 23.8 Å². The Bertz CT molecular complexity index is 544. The Hall–Kier alpha value is -2.17. The second kappa shape index (κ2) is 5.44. The number of rotatable bonds is 4. The minimum absolute atomic E-state index is 0.421. The van der Waals surface area contributed by atoms with Gasteiger partial charge in [0.25, 0.3) is 0 Å². The SMILES string of the molecule is CNc1cc(NCc2ccc(F)c(F)c2)ccn1. The molecule has 0 unspecified atom stereocenters. The Balaban J connectivity index is 2.04. The number of benzene rings is 1. The molecule has 0 aliphatic carbocycles. The van der Waals surface area contributed by atoms with Crippen LogP contribution in [0.5, 0.6) is 0 Å². The molecule has 1 aromatic heterocycles. The molecule has 0 amide bonds. The zero-order valence-corrected chi connectivity index (χ0v) is 9.87. The summed E-state index contributed by atoms with van der Waals surface area (Å²) in [6.07, 6.45) is 1.67. The van der Waals surface area contributed by atoms with Gasteiger partial charge >= 0.3 is 0 Å². The number of hydrogen-bond acceptors (Lipinski definition) is 3. The van der Waals surface area contributed by atoms with E-state index in [0.29, 0.717) is 12.1 Å². The van der Waals surface area contributed by atoms with Crippen molar-refractivity contribution >= 4 is 11.5 Å². The van der Waals surface area contributed by atoms with Gasteiger partial charge in [0, 0.05) is 31.5 Å². The molecule has 3 nitrogen and oxygen atoms in total. The number of aromatic nitrogens is 1. The van der Waals surface area contributed by atoms with Crippen LogP contribution >= 0.6 is 0 Å². The fraction of sp³-hybridized carbons (Fsp3) is 0.154. The summed E-state index contributed by atoms with van der Waals surface area (Å²) in [5.74, 6) is -0.926. The minimum atomic E-state index is -0.833. The normalized spacial score (nSPS) is 10.2. The number of halogens is 2. The van der Waals surface area contributed by atoms with Gasteiger partial charge in [0.2, 0.25) is 0 Å². The largest absolute Gasteiger partial charge is 0.381 e. The summed E-state index contributed by atoms with van der Waals surface area (Å²) in [6.45, 7) is 0.421. The van der Waals surface area contributed by atoms with Crippen molar-refractivity contribution in [3.05, 3.63) is 53.7 Å². The lowest BCUT2D eigenvalue weighted by Gasteiger charge is -2.08. The molecular formula is C13H13F2N3. The highest BCUT2D eigenvalue weighted by molar-refractivity contribution is 5.51. The molecule has 0 radical (unpaired) electrons. The number of nitrogens with one attached hydrogen (secondary N) is 2. The monoisotopic (exact) mass is 249 g/mol.